The van der Waals surface area contributed by atoms with Gasteiger partial charge in [0.2, 0.25) is 5.91 Å². The van der Waals surface area contributed by atoms with Crippen LogP contribution in [0.5, 0.6) is 0 Å². The third-order valence-electron chi connectivity index (χ3n) is 3.73. The molecule has 0 atom stereocenters. The normalized spacial score (nSPS) is 10.6. The molecule has 2 rings (SSSR count). The van der Waals surface area contributed by atoms with Crippen LogP contribution < -0.4 is 10.6 Å². The third-order valence-corrected chi connectivity index (χ3v) is 3.73. The van der Waals surface area contributed by atoms with Gasteiger partial charge in [-0.2, -0.15) is 5.10 Å². The average molecular weight is 372 g/mol. The molecule has 0 saturated carbocycles. The number of nitrogens with zero attached hydrogens (tertiary/aromatic N) is 2. The first-order valence-corrected chi connectivity index (χ1v) is 8.64. The first-order valence-electron chi connectivity index (χ1n) is 8.64. The molecular weight excluding hydrogens is 348 g/mol. The highest BCUT2D eigenvalue weighted by Gasteiger charge is 2.21. The van der Waals surface area contributed by atoms with Gasteiger partial charge < -0.3 is 15.4 Å². The summed E-state index contributed by atoms with van der Waals surface area (Å²) >= 11 is 0. The average Bonchev–Trinajstić information content (AvgIpc) is 2.92. The Balaban J connectivity index is 1.96. The van der Waals surface area contributed by atoms with Crippen LogP contribution in [0.3, 0.4) is 0 Å². The maximum atomic E-state index is 12.4. The summed E-state index contributed by atoms with van der Waals surface area (Å²) in [6, 6.07) is 9.39. The molecule has 0 aliphatic rings. The first-order chi connectivity index (χ1) is 12.8. The second-order valence-electron chi connectivity index (χ2n) is 6.37. The van der Waals surface area contributed by atoms with Crippen LogP contribution in [0.1, 0.15) is 35.6 Å². The van der Waals surface area contributed by atoms with E-state index in [1.165, 1.54) is 0 Å². The van der Waals surface area contributed by atoms with Gasteiger partial charge in [-0.15, -0.1) is 0 Å². The molecule has 0 spiro atoms. The van der Waals surface area contributed by atoms with Crippen molar-refractivity contribution in [2.45, 2.75) is 33.7 Å². The SMILES string of the molecule is Cc1nn(-c2ccccc2)c(C)c1C(=O)OCC(=O)NCC(=O)NC(C)C. The predicted octanol–water partition coefficient (Wildman–Crippen LogP) is 1.29. The lowest BCUT2D eigenvalue weighted by molar-refractivity contribution is -0.128. The Labute approximate surface area is 157 Å². The van der Waals surface area contributed by atoms with Crippen molar-refractivity contribution < 1.29 is 19.1 Å². The van der Waals surface area contributed by atoms with Crippen LogP contribution in [0, 0.1) is 13.8 Å². The predicted molar refractivity (Wildman–Crippen MR) is 99.6 cm³/mol. The number of aryl methyl sites for hydroxylation is 1. The highest BCUT2D eigenvalue weighted by molar-refractivity contribution is 5.94. The highest BCUT2D eigenvalue weighted by atomic mass is 16.5. The van der Waals surface area contributed by atoms with Crippen LogP contribution in [0.25, 0.3) is 5.69 Å². The van der Waals surface area contributed by atoms with E-state index in [4.69, 9.17) is 4.74 Å². The van der Waals surface area contributed by atoms with Crippen molar-refractivity contribution in [2.75, 3.05) is 13.2 Å². The minimum atomic E-state index is -0.631. The Morgan fingerprint density at radius 1 is 1.11 bits per heavy atom. The molecule has 0 saturated heterocycles. The lowest BCUT2D eigenvalue weighted by Crippen LogP contribution is -2.41. The van der Waals surface area contributed by atoms with Gasteiger partial charge in [0.1, 0.15) is 5.56 Å². The molecule has 1 aromatic carbocycles. The zero-order valence-corrected chi connectivity index (χ0v) is 15.9. The van der Waals surface area contributed by atoms with Crippen LogP contribution in [0.4, 0.5) is 0 Å². The lowest BCUT2D eigenvalue weighted by Gasteiger charge is -2.09. The van der Waals surface area contributed by atoms with Crippen molar-refractivity contribution in [2.24, 2.45) is 0 Å². The lowest BCUT2D eigenvalue weighted by atomic mass is 10.2. The highest BCUT2D eigenvalue weighted by Crippen LogP contribution is 2.18. The van der Waals surface area contributed by atoms with Crippen LogP contribution in [-0.2, 0) is 14.3 Å². The molecular formula is C19H24N4O4. The third kappa shape index (κ3) is 5.40. The molecule has 0 fully saturated rings. The number of hydrogen-bond donors (Lipinski definition) is 2. The van der Waals surface area contributed by atoms with Crippen LogP contribution in [0.2, 0.25) is 0 Å². The van der Waals surface area contributed by atoms with Crippen molar-refractivity contribution in [1.29, 1.82) is 0 Å². The molecule has 0 bridgehead atoms. The van der Waals surface area contributed by atoms with Gasteiger partial charge in [0, 0.05) is 6.04 Å². The van der Waals surface area contributed by atoms with Crippen molar-refractivity contribution in [3.8, 4) is 5.69 Å². The number of aromatic nitrogens is 2. The molecule has 144 valence electrons. The number of nitrogens with one attached hydrogen (secondary N) is 2. The Hall–Kier alpha value is -3.16. The van der Waals surface area contributed by atoms with Crippen LogP contribution in [-0.4, -0.2) is 46.8 Å². The minimum absolute atomic E-state index is 0.0145. The summed E-state index contributed by atoms with van der Waals surface area (Å²) in [6.07, 6.45) is 0. The van der Waals surface area contributed by atoms with Gasteiger partial charge in [0.15, 0.2) is 6.61 Å². The molecule has 8 nitrogen and oxygen atoms in total. The molecule has 2 N–H and O–H groups in total. The van der Waals surface area contributed by atoms with Gasteiger partial charge in [0.05, 0.1) is 23.6 Å². The summed E-state index contributed by atoms with van der Waals surface area (Å²) in [7, 11) is 0. The number of ether oxygens (including phenoxy) is 1. The monoisotopic (exact) mass is 372 g/mol. The number of amides is 2. The fourth-order valence-corrected chi connectivity index (χ4v) is 2.56. The second kappa shape index (κ2) is 8.98. The van der Waals surface area contributed by atoms with Crippen molar-refractivity contribution in [3.63, 3.8) is 0 Å². The van der Waals surface area contributed by atoms with Gasteiger partial charge >= 0.3 is 5.97 Å². The summed E-state index contributed by atoms with van der Waals surface area (Å²) in [4.78, 5) is 35.7. The van der Waals surface area contributed by atoms with Crippen LogP contribution >= 0.6 is 0 Å². The fourth-order valence-electron chi connectivity index (χ4n) is 2.56. The number of hydrogen-bond acceptors (Lipinski definition) is 5. The number of benzene rings is 1. The zero-order valence-electron chi connectivity index (χ0n) is 15.9. The maximum Gasteiger partial charge on any atom is 0.342 e. The molecule has 1 aromatic heterocycles. The van der Waals surface area contributed by atoms with Crippen LogP contribution in [0.15, 0.2) is 30.3 Å². The summed E-state index contributed by atoms with van der Waals surface area (Å²) in [6.45, 7) is 6.48. The van der Waals surface area contributed by atoms with E-state index in [0.29, 0.717) is 17.0 Å². The van der Waals surface area contributed by atoms with Gasteiger partial charge in [-0.1, -0.05) is 18.2 Å². The van der Waals surface area contributed by atoms with E-state index in [0.717, 1.165) is 5.69 Å². The van der Waals surface area contributed by atoms with Crippen molar-refractivity contribution in [1.82, 2.24) is 20.4 Å². The second-order valence-corrected chi connectivity index (χ2v) is 6.37. The van der Waals surface area contributed by atoms with E-state index in [-0.39, 0.29) is 18.5 Å². The quantitative estimate of drug-likeness (QED) is 0.713. The van der Waals surface area contributed by atoms with Gasteiger partial charge in [-0.25, -0.2) is 9.48 Å². The standard InChI is InChI=1S/C19H24N4O4/c1-12(2)21-16(24)10-20-17(25)11-27-19(26)18-13(3)22-23(14(18)4)15-8-6-5-7-9-15/h5-9,12H,10-11H2,1-4H3,(H,20,25)(H,21,24). The Kier molecular flexibility index (Phi) is 6.70. The molecule has 0 unspecified atom stereocenters. The molecule has 8 heteroatoms. The van der Waals surface area contributed by atoms with E-state index in [1.54, 1.807) is 18.5 Å². The number of carbonyl (C=O) groups is 3. The molecule has 0 aliphatic heterocycles. The van der Waals surface area contributed by atoms with E-state index >= 15 is 0 Å². The van der Waals surface area contributed by atoms with Gasteiger partial charge in [-0.3, -0.25) is 9.59 Å². The van der Waals surface area contributed by atoms with E-state index < -0.39 is 18.5 Å². The van der Waals surface area contributed by atoms with Gasteiger partial charge in [0.25, 0.3) is 5.91 Å². The summed E-state index contributed by atoms with van der Waals surface area (Å²) in [5.41, 5.74) is 2.29. The molecule has 1 heterocycles. The first kappa shape index (κ1) is 20.2. The molecule has 2 amide bonds. The van der Waals surface area contributed by atoms with E-state index in [2.05, 4.69) is 15.7 Å². The largest absolute Gasteiger partial charge is 0.452 e. The van der Waals surface area contributed by atoms with Gasteiger partial charge in [-0.05, 0) is 39.8 Å². The van der Waals surface area contributed by atoms with Crippen molar-refractivity contribution in [3.05, 3.63) is 47.3 Å². The Morgan fingerprint density at radius 3 is 2.41 bits per heavy atom. The number of esters is 1. The minimum Gasteiger partial charge on any atom is -0.452 e. The fraction of sp³-hybridized carbons (Fsp3) is 0.368. The summed E-state index contributed by atoms with van der Waals surface area (Å²) in [5, 5.41) is 9.43. The Bertz CT molecular complexity index is 828. The maximum absolute atomic E-state index is 12.4. The summed E-state index contributed by atoms with van der Waals surface area (Å²) in [5.74, 6) is -1.48. The molecule has 27 heavy (non-hydrogen) atoms. The topological polar surface area (TPSA) is 102 Å². The van der Waals surface area contributed by atoms with E-state index in [9.17, 15) is 14.4 Å². The Morgan fingerprint density at radius 2 is 1.78 bits per heavy atom. The smallest absolute Gasteiger partial charge is 0.342 e. The van der Waals surface area contributed by atoms with E-state index in [1.807, 2.05) is 44.2 Å². The molecule has 2 aromatic rings. The molecule has 0 aliphatic carbocycles. The number of rotatable bonds is 7. The van der Waals surface area contributed by atoms with Crippen molar-refractivity contribution >= 4 is 17.8 Å². The summed E-state index contributed by atoms with van der Waals surface area (Å²) < 4.78 is 6.73. The zero-order chi connectivity index (χ0) is 20.0. The number of carbonyl (C=O) groups excluding carboxylic acids is 3. The molecule has 0 radical (unpaired) electrons. The number of para-hydroxylation sites is 1.